The van der Waals surface area contributed by atoms with Gasteiger partial charge in [-0.25, -0.2) is 4.79 Å². The van der Waals surface area contributed by atoms with Gasteiger partial charge in [-0.1, -0.05) is 13.0 Å². The Kier molecular flexibility index (Phi) is 7.05. The van der Waals surface area contributed by atoms with Crippen molar-refractivity contribution in [3.05, 3.63) is 22.4 Å². The summed E-state index contributed by atoms with van der Waals surface area (Å²) in [5.41, 5.74) is 0. The molecule has 2 rings (SSSR count). The summed E-state index contributed by atoms with van der Waals surface area (Å²) in [6.07, 6.45) is 2.64. The summed E-state index contributed by atoms with van der Waals surface area (Å²) >= 11 is 1.70. The minimum absolute atomic E-state index is 0.0289. The summed E-state index contributed by atoms with van der Waals surface area (Å²) < 4.78 is 5.13. The lowest BCUT2D eigenvalue weighted by Crippen LogP contribution is -2.51. The van der Waals surface area contributed by atoms with Crippen molar-refractivity contribution in [1.29, 1.82) is 0 Å². The predicted octanol–water partition coefficient (Wildman–Crippen LogP) is 2.51. The van der Waals surface area contributed by atoms with E-state index in [2.05, 4.69) is 17.9 Å². The van der Waals surface area contributed by atoms with Crippen molar-refractivity contribution in [3.8, 4) is 0 Å². The molecule has 1 unspecified atom stereocenters. The Bertz CT molecular complexity index is 504. The van der Waals surface area contributed by atoms with Crippen molar-refractivity contribution in [2.75, 3.05) is 26.2 Å². The molecular weight excluding hydrogens is 312 g/mol. The van der Waals surface area contributed by atoms with Crippen molar-refractivity contribution < 1.29 is 14.3 Å². The lowest BCUT2D eigenvalue weighted by molar-refractivity contribution is -0.157. The summed E-state index contributed by atoms with van der Waals surface area (Å²) in [6, 6.07) is 3.70. The number of likely N-dealkylation sites (N-methyl/N-ethyl adjacent to an activating group) is 1. The lowest BCUT2D eigenvalue weighted by Gasteiger charge is -2.35. The highest BCUT2D eigenvalue weighted by molar-refractivity contribution is 7.09. The second-order valence-corrected chi connectivity index (χ2v) is 6.77. The van der Waals surface area contributed by atoms with Gasteiger partial charge in [-0.3, -0.25) is 9.69 Å². The van der Waals surface area contributed by atoms with Gasteiger partial charge in [0.15, 0.2) is 0 Å². The maximum absolute atomic E-state index is 12.7. The summed E-state index contributed by atoms with van der Waals surface area (Å²) in [7, 11) is 0. The number of hydrogen-bond acceptors (Lipinski definition) is 5. The summed E-state index contributed by atoms with van der Waals surface area (Å²) in [5, 5.41) is 2.05. The van der Waals surface area contributed by atoms with Crippen LogP contribution in [0.25, 0.3) is 0 Å². The molecule has 0 radical (unpaired) electrons. The van der Waals surface area contributed by atoms with Crippen LogP contribution in [-0.2, 0) is 20.9 Å². The molecule has 1 aromatic heterocycles. The molecule has 1 fully saturated rings. The van der Waals surface area contributed by atoms with E-state index < -0.39 is 6.04 Å². The van der Waals surface area contributed by atoms with Crippen LogP contribution in [0.1, 0.15) is 38.0 Å². The Morgan fingerprint density at radius 2 is 2.22 bits per heavy atom. The highest BCUT2D eigenvalue weighted by Crippen LogP contribution is 2.19. The number of hydrogen-bond donors (Lipinski definition) is 0. The van der Waals surface area contributed by atoms with Gasteiger partial charge in [0, 0.05) is 18.0 Å². The standard InChI is InChI=1S/C17H26N2O3S/c1-3-18(12-14-8-7-11-23-14)13-16(20)19-10-6-5-9-15(19)17(21)22-4-2/h7-8,11,15H,3-6,9-10,12-13H2,1-2H3. The van der Waals surface area contributed by atoms with Gasteiger partial charge >= 0.3 is 5.97 Å². The highest BCUT2D eigenvalue weighted by atomic mass is 32.1. The van der Waals surface area contributed by atoms with E-state index in [0.29, 0.717) is 26.1 Å². The second kappa shape index (κ2) is 9.03. The van der Waals surface area contributed by atoms with Crippen LogP contribution in [0, 0.1) is 0 Å². The van der Waals surface area contributed by atoms with Crippen LogP contribution in [0.5, 0.6) is 0 Å². The number of amides is 1. The Hall–Kier alpha value is -1.40. The molecule has 1 atom stereocenters. The molecule has 0 spiro atoms. The monoisotopic (exact) mass is 338 g/mol. The van der Waals surface area contributed by atoms with Crippen LogP contribution in [0.15, 0.2) is 17.5 Å². The molecule has 1 amide bonds. The smallest absolute Gasteiger partial charge is 0.328 e. The number of piperidine rings is 1. The molecule has 1 saturated heterocycles. The fourth-order valence-corrected chi connectivity index (χ4v) is 3.64. The van der Waals surface area contributed by atoms with Crippen LogP contribution in [-0.4, -0.2) is 54.0 Å². The number of carbonyl (C=O) groups is 2. The molecule has 2 heterocycles. The van der Waals surface area contributed by atoms with Crippen LogP contribution in [0.4, 0.5) is 0 Å². The maximum atomic E-state index is 12.7. The van der Waals surface area contributed by atoms with Crippen molar-refractivity contribution in [2.24, 2.45) is 0 Å². The minimum atomic E-state index is -0.406. The lowest BCUT2D eigenvalue weighted by atomic mass is 10.0. The molecule has 0 bridgehead atoms. The minimum Gasteiger partial charge on any atom is -0.464 e. The van der Waals surface area contributed by atoms with Crippen molar-refractivity contribution >= 4 is 23.2 Å². The van der Waals surface area contributed by atoms with E-state index in [1.807, 2.05) is 11.4 Å². The number of nitrogens with zero attached hydrogens (tertiary/aromatic N) is 2. The summed E-state index contributed by atoms with van der Waals surface area (Å²) in [5.74, 6) is -0.233. The van der Waals surface area contributed by atoms with Gasteiger partial charge in [-0.2, -0.15) is 0 Å². The second-order valence-electron chi connectivity index (χ2n) is 5.73. The fraction of sp³-hybridized carbons (Fsp3) is 0.647. The first-order valence-electron chi connectivity index (χ1n) is 8.36. The molecule has 23 heavy (non-hydrogen) atoms. The first-order valence-corrected chi connectivity index (χ1v) is 9.24. The number of likely N-dealkylation sites (tertiary alicyclic amines) is 1. The van der Waals surface area contributed by atoms with Gasteiger partial charge in [0.25, 0.3) is 0 Å². The number of carbonyl (C=O) groups excluding carboxylic acids is 2. The first-order chi connectivity index (χ1) is 11.2. The highest BCUT2D eigenvalue weighted by Gasteiger charge is 2.33. The molecule has 6 heteroatoms. The van der Waals surface area contributed by atoms with Crippen molar-refractivity contribution in [2.45, 2.75) is 45.7 Å². The zero-order valence-corrected chi connectivity index (χ0v) is 14.8. The van der Waals surface area contributed by atoms with E-state index in [1.54, 1.807) is 23.2 Å². The maximum Gasteiger partial charge on any atom is 0.328 e. The van der Waals surface area contributed by atoms with Crippen molar-refractivity contribution in [3.63, 3.8) is 0 Å². The van der Waals surface area contributed by atoms with Crippen LogP contribution in [0.3, 0.4) is 0 Å². The zero-order chi connectivity index (χ0) is 16.7. The number of rotatable bonds is 7. The number of esters is 1. The third kappa shape index (κ3) is 5.04. The van der Waals surface area contributed by atoms with Gasteiger partial charge in [0.05, 0.1) is 13.2 Å². The van der Waals surface area contributed by atoms with E-state index in [0.717, 1.165) is 25.9 Å². The largest absolute Gasteiger partial charge is 0.464 e. The van der Waals surface area contributed by atoms with Gasteiger partial charge in [-0.15, -0.1) is 11.3 Å². The van der Waals surface area contributed by atoms with E-state index in [4.69, 9.17) is 4.74 Å². The fourth-order valence-electron chi connectivity index (χ4n) is 2.90. The van der Waals surface area contributed by atoms with Gasteiger partial charge in [-0.05, 0) is 44.2 Å². The molecule has 1 aliphatic heterocycles. The Morgan fingerprint density at radius 3 is 2.87 bits per heavy atom. The Balaban J connectivity index is 1.96. The molecule has 0 N–H and O–H groups in total. The van der Waals surface area contributed by atoms with Gasteiger partial charge < -0.3 is 9.64 Å². The Labute approximate surface area is 142 Å². The third-order valence-corrected chi connectivity index (χ3v) is 5.01. The molecule has 0 aromatic carbocycles. The van der Waals surface area contributed by atoms with Gasteiger partial charge in [0.2, 0.25) is 5.91 Å². The van der Waals surface area contributed by atoms with E-state index in [1.165, 1.54) is 4.88 Å². The molecule has 5 nitrogen and oxygen atoms in total. The quantitative estimate of drug-likeness (QED) is 0.717. The van der Waals surface area contributed by atoms with Crippen LogP contribution in [0.2, 0.25) is 0 Å². The van der Waals surface area contributed by atoms with E-state index in [9.17, 15) is 9.59 Å². The van der Waals surface area contributed by atoms with E-state index >= 15 is 0 Å². The average molecular weight is 338 g/mol. The molecule has 0 aliphatic carbocycles. The third-order valence-electron chi connectivity index (χ3n) is 4.15. The molecule has 128 valence electrons. The van der Waals surface area contributed by atoms with E-state index in [-0.39, 0.29) is 11.9 Å². The molecular formula is C17H26N2O3S. The molecule has 1 aromatic rings. The molecule has 1 aliphatic rings. The van der Waals surface area contributed by atoms with Gasteiger partial charge in [0.1, 0.15) is 6.04 Å². The normalized spacial score (nSPS) is 18.2. The Morgan fingerprint density at radius 1 is 1.39 bits per heavy atom. The number of ether oxygens (including phenoxy) is 1. The summed E-state index contributed by atoms with van der Waals surface area (Å²) in [6.45, 7) is 6.80. The predicted molar refractivity (Wildman–Crippen MR) is 91.3 cm³/mol. The van der Waals surface area contributed by atoms with Crippen molar-refractivity contribution in [1.82, 2.24) is 9.80 Å². The topological polar surface area (TPSA) is 49.9 Å². The average Bonchev–Trinajstić information content (AvgIpc) is 3.07. The number of thiophene rings is 1. The zero-order valence-electron chi connectivity index (χ0n) is 14.0. The first kappa shape index (κ1) is 17.9. The molecule has 0 saturated carbocycles. The van der Waals surface area contributed by atoms with Crippen LogP contribution >= 0.6 is 11.3 Å². The SMILES string of the molecule is CCOC(=O)C1CCCCN1C(=O)CN(CC)Cc1cccs1. The van der Waals surface area contributed by atoms with Crippen LogP contribution < -0.4 is 0 Å². The summed E-state index contributed by atoms with van der Waals surface area (Å²) in [4.78, 5) is 29.9.